The molecule has 1 heterocycles. The van der Waals surface area contributed by atoms with Gasteiger partial charge in [-0.05, 0) is 49.1 Å². The molecule has 1 fully saturated rings. The van der Waals surface area contributed by atoms with E-state index in [4.69, 9.17) is 9.47 Å². The van der Waals surface area contributed by atoms with Crippen molar-refractivity contribution < 1.29 is 19.1 Å². The van der Waals surface area contributed by atoms with Crippen LogP contribution in [0.25, 0.3) is 0 Å². The highest BCUT2D eigenvalue weighted by Gasteiger charge is 2.46. The molecule has 0 unspecified atom stereocenters. The van der Waals surface area contributed by atoms with E-state index in [1.54, 1.807) is 19.1 Å². The molecule has 0 spiro atoms. The van der Waals surface area contributed by atoms with Crippen molar-refractivity contribution in [3.05, 3.63) is 59.7 Å². The van der Waals surface area contributed by atoms with Gasteiger partial charge in [-0.1, -0.05) is 30.3 Å². The van der Waals surface area contributed by atoms with E-state index in [2.05, 4.69) is 5.32 Å². The first-order chi connectivity index (χ1) is 14.0. The smallest absolute Gasteiger partial charge is 0.245 e. The van der Waals surface area contributed by atoms with Crippen molar-refractivity contribution in [1.29, 1.82) is 0 Å². The molecule has 1 atom stereocenters. The van der Waals surface area contributed by atoms with Crippen molar-refractivity contribution in [3.8, 4) is 11.5 Å². The number of likely N-dealkylation sites (tertiary alicyclic amines) is 1. The lowest BCUT2D eigenvalue weighted by Gasteiger charge is -2.34. The largest absolute Gasteiger partial charge is 0.497 e. The number of carbonyl (C=O) groups excluding carboxylic acids is 2. The zero-order valence-corrected chi connectivity index (χ0v) is 17.2. The molecule has 0 radical (unpaired) electrons. The molecule has 0 aromatic heterocycles. The summed E-state index contributed by atoms with van der Waals surface area (Å²) in [4.78, 5) is 27.2. The topological polar surface area (TPSA) is 67.9 Å². The van der Waals surface area contributed by atoms with E-state index in [9.17, 15) is 9.59 Å². The van der Waals surface area contributed by atoms with Gasteiger partial charge in [0, 0.05) is 19.5 Å². The molecule has 6 heteroatoms. The number of benzene rings is 2. The minimum absolute atomic E-state index is 0.00391. The molecular formula is C23H28N2O4. The van der Waals surface area contributed by atoms with Gasteiger partial charge in [0.15, 0.2) is 0 Å². The summed E-state index contributed by atoms with van der Waals surface area (Å²) in [6.45, 7) is 2.74. The fourth-order valence-corrected chi connectivity index (χ4v) is 3.78. The normalized spacial score (nSPS) is 18.6. The van der Waals surface area contributed by atoms with Crippen LogP contribution in [0.2, 0.25) is 0 Å². The van der Waals surface area contributed by atoms with Crippen LogP contribution in [-0.4, -0.2) is 43.0 Å². The SMILES string of the molecule is COc1ccc(OC)c(CCN2C(=O)CC[C@@]2(C)C(=O)NCc2ccccc2)c1. The molecule has 154 valence electrons. The lowest BCUT2D eigenvalue weighted by molar-refractivity contribution is -0.140. The third-order valence-electron chi connectivity index (χ3n) is 5.60. The second kappa shape index (κ2) is 8.99. The van der Waals surface area contributed by atoms with E-state index < -0.39 is 5.54 Å². The average molecular weight is 396 g/mol. The first kappa shape index (κ1) is 20.7. The Bertz CT molecular complexity index is 868. The number of ether oxygens (including phenoxy) is 2. The summed E-state index contributed by atoms with van der Waals surface area (Å²) in [5.74, 6) is 1.36. The first-order valence-corrected chi connectivity index (χ1v) is 9.81. The Morgan fingerprint density at radius 2 is 1.90 bits per heavy atom. The highest BCUT2D eigenvalue weighted by Crippen LogP contribution is 2.32. The third kappa shape index (κ3) is 4.53. The van der Waals surface area contributed by atoms with Crippen LogP contribution in [0, 0.1) is 0 Å². The van der Waals surface area contributed by atoms with Crippen LogP contribution in [0.1, 0.15) is 30.9 Å². The summed E-state index contributed by atoms with van der Waals surface area (Å²) in [7, 11) is 3.23. The Balaban J connectivity index is 1.70. The summed E-state index contributed by atoms with van der Waals surface area (Å²) in [6.07, 6.45) is 1.47. The number of amides is 2. The summed E-state index contributed by atoms with van der Waals surface area (Å²) in [6, 6.07) is 15.4. The maximum absolute atomic E-state index is 13.0. The molecule has 0 bridgehead atoms. The number of rotatable bonds is 8. The van der Waals surface area contributed by atoms with Crippen molar-refractivity contribution in [1.82, 2.24) is 10.2 Å². The highest BCUT2D eigenvalue weighted by molar-refractivity contribution is 5.94. The Labute approximate surface area is 171 Å². The van der Waals surface area contributed by atoms with Gasteiger partial charge in [0.25, 0.3) is 0 Å². The molecule has 2 amide bonds. The second-order valence-corrected chi connectivity index (χ2v) is 7.42. The number of hydrogen-bond acceptors (Lipinski definition) is 4. The van der Waals surface area contributed by atoms with Crippen LogP contribution in [-0.2, 0) is 22.6 Å². The monoisotopic (exact) mass is 396 g/mol. The number of nitrogens with zero attached hydrogens (tertiary/aromatic N) is 1. The van der Waals surface area contributed by atoms with E-state index in [-0.39, 0.29) is 11.8 Å². The first-order valence-electron chi connectivity index (χ1n) is 9.81. The van der Waals surface area contributed by atoms with E-state index in [1.807, 2.05) is 55.5 Å². The second-order valence-electron chi connectivity index (χ2n) is 7.42. The van der Waals surface area contributed by atoms with Gasteiger partial charge in [0.2, 0.25) is 11.8 Å². The van der Waals surface area contributed by atoms with Crippen molar-refractivity contribution >= 4 is 11.8 Å². The molecule has 1 N–H and O–H groups in total. The molecule has 6 nitrogen and oxygen atoms in total. The van der Waals surface area contributed by atoms with Crippen LogP contribution < -0.4 is 14.8 Å². The van der Waals surface area contributed by atoms with Gasteiger partial charge < -0.3 is 19.7 Å². The van der Waals surface area contributed by atoms with E-state index >= 15 is 0 Å². The summed E-state index contributed by atoms with van der Waals surface area (Å²) in [5.41, 5.74) is 1.12. The summed E-state index contributed by atoms with van der Waals surface area (Å²) < 4.78 is 10.7. The minimum Gasteiger partial charge on any atom is -0.497 e. The van der Waals surface area contributed by atoms with Crippen LogP contribution >= 0.6 is 0 Å². The number of carbonyl (C=O) groups is 2. The molecule has 3 rings (SSSR count). The highest BCUT2D eigenvalue weighted by atomic mass is 16.5. The predicted molar refractivity (Wildman–Crippen MR) is 111 cm³/mol. The molecular weight excluding hydrogens is 368 g/mol. The molecule has 1 aliphatic heterocycles. The van der Waals surface area contributed by atoms with E-state index in [0.29, 0.717) is 32.4 Å². The average Bonchev–Trinajstić information content (AvgIpc) is 3.05. The van der Waals surface area contributed by atoms with Crippen molar-refractivity contribution in [2.24, 2.45) is 0 Å². The van der Waals surface area contributed by atoms with Gasteiger partial charge in [0.05, 0.1) is 14.2 Å². The number of nitrogens with one attached hydrogen (secondary N) is 1. The molecule has 1 saturated heterocycles. The lowest BCUT2D eigenvalue weighted by Crippen LogP contribution is -2.54. The van der Waals surface area contributed by atoms with Gasteiger partial charge in [-0.3, -0.25) is 9.59 Å². The molecule has 2 aromatic carbocycles. The fourth-order valence-electron chi connectivity index (χ4n) is 3.78. The van der Waals surface area contributed by atoms with Gasteiger partial charge in [-0.25, -0.2) is 0 Å². The predicted octanol–water partition coefficient (Wildman–Crippen LogP) is 2.94. The van der Waals surface area contributed by atoms with Crippen LogP contribution in [0.15, 0.2) is 48.5 Å². The van der Waals surface area contributed by atoms with Crippen LogP contribution in [0.4, 0.5) is 0 Å². The number of methoxy groups -OCH3 is 2. The summed E-state index contributed by atoms with van der Waals surface area (Å²) >= 11 is 0. The molecule has 1 aliphatic rings. The maximum Gasteiger partial charge on any atom is 0.245 e. The van der Waals surface area contributed by atoms with E-state index in [1.165, 1.54) is 0 Å². The van der Waals surface area contributed by atoms with Crippen LogP contribution in [0.5, 0.6) is 11.5 Å². The molecule has 0 aliphatic carbocycles. The fraction of sp³-hybridized carbons (Fsp3) is 0.391. The zero-order chi connectivity index (χ0) is 20.9. The Kier molecular flexibility index (Phi) is 6.42. The third-order valence-corrected chi connectivity index (χ3v) is 5.60. The molecule has 29 heavy (non-hydrogen) atoms. The van der Waals surface area contributed by atoms with Gasteiger partial charge in [-0.15, -0.1) is 0 Å². The van der Waals surface area contributed by atoms with Crippen molar-refractivity contribution in [2.45, 2.75) is 38.3 Å². The summed E-state index contributed by atoms with van der Waals surface area (Å²) in [5, 5.41) is 2.99. The number of hydrogen-bond donors (Lipinski definition) is 1. The van der Waals surface area contributed by atoms with Gasteiger partial charge >= 0.3 is 0 Å². The molecule has 0 saturated carbocycles. The lowest BCUT2D eigenvalue weighted by atomic mass is 9.96. The van der Waals surface area contributed by atoms with Crippen molar-refractivity contribution in [2.75, 3.05) is 20.8 Å². The van der Waals surface area contributed by atoms with E-state index in [0.717, 1.165) is 22.6 Å². The van der Waals surface area contributed by atoms with Gasteiger partial charge in [0.1, 0.15) is 17.0 Å². The standard InChI is InChI=1S/C23H28N2O4/c1-23(22(27)24-16-17-7-5-4-6-8-17)13-11-21(26)25(23)14-12-18-15-19(28-2)9-10-20(18)29-3/h4-10,15H,11-14,16H2,1-3H3,(H,24,27)/t23-/m0/s1. The quantitative estimate of drug-likeness (QED) is 0.745. The Hall–Kier alpha value is -3.02. The minimum atomic E-state index is -0.849. The Morgan fingerprint density at radius 1 is 1.14 bits per heavy atom. The van der Waals surface area contributed by atoms with Crippen LogP contribution in [0.3, 0.4) is 0 Å². The maximum atomic E-state index is 13.0. The van der Waals surface area contributed by atoms with Gasteiger partial charge in [-0.2, -0.15) is 0 Å². The van der Waals surface area contributed by atoms with Crippen molar-refractivity contribution in [3.63, 3.8) is 0 Å². The zero-order valence-electron chi connectivity index (χ0n) is 17.2. The Morgan fingerprint density at radius 3 is 2.59 bits per heavy atom. The molecule has 2 aromatic rings.